The predicted molar refractivity (Wildman–Crippen MR) is 96.4 cm³/mol. The van der Waals surface area contributed by atoms with Crippen molar-refractivity contribution in [2.45, 2.75) is 19.5 Å². The Balaban J connectivity index is 1.71. The van der Waals surface area contributed by atoms with E-state index in [1.54, 1.807) is 13.3 Å². The van der Waals surface area contributed by atoms with Crippen LogP contribution in [0.5, 0.6) is 5.75 Å². The third-order valence-corrected chi connectivity index (χ3v) is 4.39. The van der Waals surface area contributed by atoms with Crippen molar-refractivity contribution < 1.29 is 4.74 Å². The lowest BCUT2D eigenvalue weighted by molar-refractivity contribution is 0.247. The van der Waals surface area contributed by atoms with E-state index in [1.807, 2.05) is 29.1 Å². The maximum Gasteiger partial charge on any atom is 0.123 e. The molecule has 0 saturated carbocycles. The highest BCUT2D eigenvalue weighted by Gasteiger charge is 2.15. The van der Waals surface area contributed by atoms with Crippen LogP contribution in [0.2, 0.25) is 0 Å². The molecular weight excluding hydrogens is 298 g/mol. The molecule has 3 rings (SSSR count). The van der Waals surface area contributed by atoms with Gasteiger partial charge >= 0.3 is 0 Å². The summed E-state index contributed by atoms with van der Waals surface area (Å²) in [6, 6.07) is 18.9. The van der Waals surface area contributed by atoms with Gasteiger partial charge in [-0.05, 0) is 43.8 Å². The SMILES string of the molecule is COc1ccccc1C(C)N(C)Cc1ccc(-n2cccn2)cc1. The van der Waals surface area contributed by atoms with E-state index in [0.717, 1.165) is 18.0 Å². The minimum atomic E-state index is 0.270. The molecule has 2 aromatic carbocycles. The van der Waals surface area contributed by atoms with E-state index in [-0.39, 0.29) is 6.04 Å². The third-order valence-electron chi connectivity index (χ3n) is 4.39. The molecule has 0 spiro atoms. The minimum absolute atomic E-state index is 0.270. The lowest BCUT2D eigenvalue weighted by Gasteiger charge is -2.26. The van der Waals surface area contributed by atoms with E-state index in [9.17, 15) is 0 Å². The lowest BCUT2D eigenvalue weighted by Crippen LogP contribution is -2.22. The number of nitrogens with zero attached hydrogens (tertiary/aromatic N) is 3. The topological polar surface area (TPSA) is 30.3 Å². The summed E-state index contributed by atoms with van der Waals surface area (Å²) >= 11 is 0. The number of aromatic nitrogens is 2. The Labute approximate surface area is 143 Å². The second-order valence-corrected chi connectivity index (χ2v) is 5.95. The van der Waals surface area contributed by atoms with Crippen LogP contribution in [0.3, 0.4) is 0 Å². The smallest absolute Gasteiger partial charge is 0.123 e. The highest BCUT2D eigenvalue weighted by molar-refractivity contribution is 5.36. The summed E-state index contributed by atoms with van der Waals surface area (Å²) in [4.78, 5) is 2.32. The average Bonchev–Trinajstić information content (AvgIpc) is 3.16. The number of para-hydroxylation sites is 1. The quantitative estimate of drug-likeness (QED) is 0.685. The largest absolute Gasteiger partial charge is 0.496 e. The summed E-state index contributed by atoms with van der Waals surface area (Å²) in [5.41, 5.74) is 3.55. The zero-order chi connectivity index (χ0) is 16.9. The summed E-state index contributed by atoms with van der Waals surface area (Å²) < 4.78 is 7.35. The first-order valence-electron chi connectivity index (χ1n) is 8.11. The maximum atomic E-state index is 5.49. The van der Waals surface area contributed by atoms with Crippen molar-refractivity contribution in [1.82, 2.24) is 14.7 Å². The van der Waals surface area contributed by atoms with Gasteiger partial charge in [-0.15, -0.1) is 0 Å². The highest BCUT2D eigenvalue weighted by atomic mass is 16.5. The van der Waals surface area contributed by atoms with Gasteiger partial charge in [0.25, 0.3) is 0 Å². The molecule has 24 heavy (non-hydrogen) atoms. The minimum Gasteiger partial charge on any atom is -0.496 e. The van der Waals surface area contributed by atoms with Crippen LogP contribution in [0.25, 0.3) is 5.69 Å². The van der Waals surface area contributed by atoms with E-state index in [4.69, 9.17) is 4.74 Å². The van der Waals surface area contributed by atoms with Gasteiger partial charge in [-0.2, -0.15) is 5.10 Å². The van der Waals surface area contributed by atoms with Crippen molar-refractivity contribution in [1.29, 1.82) is 0 Å². The van der Waals surface area contributed by atoms with Crippen LogP contribution in [0.15, 0.2) is 67.0 Å². The van der Waals surface area contributed by atoms with Gasteiger partial charge in [0.05, 0.1) is 12.8 Å². The fourth-order valence-corrected chi connectivity index (χ4v) is 2.85. The number of hydrogen-bond donors (Lipinski definition) is 0. The fourth-order valence-electron chi connectivity index (χ4n) is 2.85. The number of benzene rings is 2. The first-order valence-corrected chi connectivity index (χ1v) is 8.11. The predicted octanol–water partition coefficient (Wildman–Crippen LogP) is 4.07. The summed E-state index contributed by atoms with van der Waals surface area (Å²) in [6.45, 7) is 3.08. The lowest BCUT2D eigenvalue weighted by atomic mass is 10.1. The fraction of sp³-hybridized carbons (Fsp3) is 0.250. The van der Waals surface area contributed by atoms with Gasteiger partial charge in [-0.25, -0.2) is 4.68 Å². The van der Waals surface area contributed by atoms with Crippen LogP contribution in [-0.4, -0.2) is 28.8 Å². The van der Waals surface area contributed by atoms with Crippen LogP contribution in [-0.2, 0) is 6.54 Å². The molecular formula is C20H23N3O. The van der Waals surface area contributed by atoms with E-state index < -0.39 is 0 Å². The Kier molecular flexibility index (Phi) is 4.96. The van der Waals surface area contributed by atoms with Gasteiger partial charge in [-0.3, -0.25) is 4.90 Å². The zero-order valence-electron chi connectivity index (χ0n) is 14.4. The molecule has 0 aliphatic carbocycles. The molecule has 3 aromatic rings. The number of hydrogen-bond acceptors (Lipinski definition) is 3. The molecule has 0 aliphatic heterocycles. The van der Waals surface area contributed by atoms with Gasteiger partial charge in [0.15, 0.2) is 0 Å². The van der Waals surface area contributed by atoms with Crippen molar-refractivity contribution in [3.8, 4) is 11.4 Å². The molecule has 1 heterocycles. The molecule has 0 fully saturated rings. The molecule has 1 atom stereocenters. The van der Waals surface area contributed by atoms with Gasteiger partial charge in [0.2, 0.25) is 0 Å². The van der Waals surface area contributed by atoms with E-state index in [2.05, 4.69) is 60.4 Å². The third kappa shape index (κ3) is 3.49. The maximum absolute atomic E-state index is 5.49. The Morgan fingerprint density at radius 3 is 2.50 bits per heavy atom. The first kappa shape index (κ1) is 16.3. The van der Waals surface area contributed by atoms with Crippen molar-refractivity contribution in [3.63, 3.8) is 0 Å². The summed E-state index contributed by atoms with van der Waals surface area (Å²) in [5, 5.41) is 4.26. The van der Waals surface area contributed by atoms with Gasteiger partial charge in [-0.1, -0.05) is 30.3 Å². The molecule has 0 amide bonds. The van der Waals surface area contributed by atoms with Gasteiger partial charge in [0, 0.05) is 30.5 Å². The zero-order valence-corrected chi connectivity index (χ0v) is 14.4. The number of ether oxygens (including phenoxy) is 1. The Bertz CT molecular complexity index is 766. The molecule has 0 aliphatic rings. The molecule has 124 valence electrons. The molecule has 1 aromatic heterocycles. The van der Waals surface area contributed by atoms with E-state index in [0.29, 0.717) is 0 Å². The second kappa shape index (κ2) is 7.32. The van der Waals surface area contributed by atoms with Crippen molar-refractivity contribution >= 4 is 0 Å². The molecule has 4 nitrogen and oxygen atoms in total. The Morgan fingerprint density at radius 2 is 1.83 bits per heavy atom. The summed E-state index contributed by atoms with van der Waals surface area (Å²) in [6.07, 6.45) is 3.74. The van der Waals surface area contributed by atoms with Crippen LogP contribution >= 0.6 is 0 Å². The normalized spacial score (nSPS) is 12.3. The average molecular weight is 321 g/mol. The van der Waals surface area contributed by atoms with Crippen LogP contribution in [0, 0.1) is 0 Å². The molecule has 0 bridgehead atoms. The van der Waals surface area contributed by atoms with Crippen molar-refractivity contribution in [2.24, 2.45) is 0 Å². The number of rotatable bonds is 6. The summed E-state index contributed by atoms with van der Waals surface area (Å²) in [7, 11) is 3.86. The van der Waals surface area contributed by atoms with Gasteiger partial charge < -0.3 is 4.74 Å². The number of methoxy groups -OCH3 is 1. The molecule has 0 N–H and O–H groups in total. The first-order chi connectivity index (χ1) is 11.7. The monoisotopic (exact) mass is 321 g/mol. The van der Waals surface area contributed by atoms with E-state index in [1.165, 1.54) is 11.1 Å². The Morgan fingerprint density at radius 1 is 1.08 bits per heavy atom. The van der Waals surface area contributed by atoms with Crippen molar-refractivity contribution in [2.75, 3.05) is 14.2 Å². The van der Waals surface area contributed by atoms with Gasteiger partial charge in [0.1, 0.15) is 5.75 Å². The Hall–Kier alpha value is -2.59. The van der Waals surface area contributed by atoms with Crippen molar-refractivity contribution in [3.05, 3.63) is 78.1 Å². The highest BCUT2D eigenvalue weighted by Crippen LogP contribution is 2.28. The molecule has 0 radical (unpaired) electrons. The summed E-state index contributed by atoms with van der Waals surface area (Å²) in [5.74, 6) is 0.936. The standard InChI is InChI=1S/C20H23N3O/c1-16(19-7-4-5-8-20(19)24-3)22(2)15-17-9-11-18(12-10-17)23-14-6-13-21-23/h4-14,16H,15H2,1-3H3. The molecule has 4 heteroatoms. The molecule has 1 unspecified atom stereocenters. The van der Waals surface area contributed by atoms with Crippen LogP contribution in [0.1, 0.15) is 24.1 Å². The second-order valence-electron chi connectivity index (χ2n) is 5.95. The van der Waals surface area contributed by atoms with Crippen LogP contribution in [0.4, 0.5) is 0 Å². The van der Waals surface area contributed by atoms with E-state index >= 15 is 0 Å². The van der Waals surface area contributed by atoms with Crippen LogP contribution < -0.4 is 4.74 Å². The molecule has 0 saturated heterocycles.